The number of allylic oxidation sites excluding steroid dienone is 1. The summed E-state index contributed by atoms with van der Waals surface area (Å²) in [7, 11) is 0. The van der Waals surface area contributed by atoms with E-state index in [0.29, 0.717) is 5.57 Å². The van der Waals surface area contributed by atoms with Crippen LogP contribution in [0, 0.1) is 10.8 Å². The Balaban J connectivity index is 5.57. The van der Waals surface area contributed by atoms with Gasteiger partial charge >= 0.3 is 0 Å². The molecule has 0 rings (SSSR count). The van der Waals surface area contributed by atoms with E-state index in [1.54, 1.807) is 0 Å². The zero-order chi connectivity index (χ0) is 11.7. The summed E-state index contributed by atoms with van der Waals surface area (Å²) in [5.74, 6) is -0.315. The van der Waals surface area contributed by atoms with Crippen molar-refractivity contribution < 1.29 is 4.79 Å². The minimum absolute atomic E-state index is 0.0165. The summed E-state index contributed by atoms with van der Waals surface area (Å²) in [5, 5.41) is 0. The molecule has 82 valence electrons. The van der Waals surface area contributed by atoms with Crippen molar-refractivity contribution in [2.75, 3.05) is 0 Å². The van der Waals surface area contributed by atoms with Gasteiger partial charge in [-0.1, -0.05) is 47.1 Å². The summed E-state index contributed by atoms with van der Waals surface area (Å²) in [6.07, 6.45) is 0. The standard InChI is InChI=1S/C12H23NO/c1-8(10(13)14)9(11(2,3)4)12(5,6)7/h1-7H3,(H2,13,14). The van der Waals surface area contributed by atoms with E-state index in [4.69, 9.17) is 5.73 Å². The lowest BCUT2D eigenvalue weighted by atomic mass is 9.70. The van der Waals surface area contributed by atoms with Crippen molar-refractivity contribution in [1.29, 1.82) is 0 Å². The second-order valence-electron chi connectivity index (χ2n) is 5.86. The highest BCUT2D eigenvalue weighted by Gasteiger charge is 2.30. The number of carbonyl (C=O) groups is 1. The van der Waals surface area contributed by atoms with E-state index in [9.17, 15) is 4.79 Å². The van der Waals surface area contributed by atoms with Crippen LogP contribution >= 0.6 is 0 Å². The first-order chi connectivity index (χ1) is 5.98. The van der Waals surface area contributed by atoms with Gasteiger partial charge in [-0.3, -0.25) is 4.79 Å². The smallest absolute Gasteiger partial charge is 0.244 e. The van der Waals surface area contributed by atoms with Gasteiger partial charge in [0, 0.05) is 5.57 Å². The van der Waals surface area contributed by atoms with Crippen molar-refractivity contribution >= 4 is 5.91 Å². The first-order valence-electron chi connectivity index (χ1n) is 4.99. The van der Waals surface area contributed by atoms with Crippen LogP contribution in [0.15, 0.2) is 11.1 Å². The molecule has 0 aromatic rings. The predicted molar refractivity (Wildman–Crippen MR) is 60.8 cm³/mol. The zero-order valence-corrected chi connectivity index (χ0v) is 10.5. The molecule has 0 aliphatic carbocycles. The number of nitrogens with two attached hydrogens (primary N) is 1. The van der Waals surface area contributed by atoms with E-state index in [0.717, 1.165) is 5.57 Å². The second kappa shape index (κ2) is 3.76. The van der Waals surface area contributed by atoms with Crippen LogP contribution in [0.5, 0.6) is 0 Å². The highest BCUT2D eigenvalue weighted by molar-refractivity contribution is 5.92. The van der Waals surface area contributed by atoms with Crippen LogP contribution in [0.25, 0.3) is 0 Å². The summed E-state index contributed by atoms with van der Waals surface area (Å²) in [5.41, 5.74) is 7.14. The van der Waals surface area contributed by atoms with Gasteiger partial charge in [-0.05, 0) is 17.8 Å². The van der Waals surface area contributed by atoms with E-state index in [-0.39, 0.29) is 16.7 Å². The van der Waals surface area contributed by atoms with Crippen LogP contribution in [0.2, 0.25) is 0 Å². The average Bonchev–Trinajstić information content (AvgIpc) is 1.79. The average molecular weight is 197 g/mol. The monoisotopic (exact) mass is 197 g/mol. The van der Waals surface area contributed by atoms with Crippen molar-refractivity contribution in [1.82, 2.24) is 0 Å². The van der Waals surface area contributed by atoms with E-state index in [2.05, 4.69) is 41.5 Å². The molecule has 0 saturated heterocycles. The fourth-order valence-corrected chi connectivity index (χ4v) is 2.37. The van der Waals surface area contributed by atoms with Crippen LogP contribution < -0.4 is 5.73 Å². The molecule has 2 heteroatoms. The Labute approximate surface area is 87.6 Å². The van der Waals surface area contributed by atoms with E-state index in [1.807, 2.05) is 6.92 Å². The highest BCUT2D eigenvalue weighted by atomic mass is 16.1. The number of hydrogen-bond acceptors (Lipinski definition) is 1. The first-order valence-corrected chi connectivity index (χ1v) is 4.99. The quantitative estimate of drug-likeness (QED) is 0.645. The van der Waals surface area contributed by atoms with Gasteiger partial charge in [-0.15, -0.1) is 0 Å². The number of primary amides is 1. The maximum atomic E-state index is 11.2. The fraction of sp³-hybridized carbons (Fsp3) is 0.750. The molecule has 2 N–H and O–H groups in total. The maximum absolute atomic E-state index is 11.2. The van der Waals surface area contributed by atoms with Gasteiger partial charge in [-0.2, -0.15) is 0 Å². The number of amides is 1. The summed E-state index contributed by atoms with van der Waals surface area (Å²) >= 11 is 0. The van der Waals surface area contributed by atoms with Gasteiger partial charge in [0.2, 0.25) is 5.91 Å². The van der Waals surface area contributed by atoms with Crippen LogP contribution in [0.3, 0.4) is 0 Å². The Hall–Kier alpha value is -0.790. The van der Waals surface area contributed by atoms with E-state index < -0.39 is 0 Å². The van der Waals surface area contributed by atoms with E-state index >= 15 is 0 Å². The molecule has 0 saturated carbocycles. The summed E-state index contributed by atoms with van der Waals surface area (Å²) in [4.78, 5) is 11.2. The molecule has 0 unspecified atom stereocenters. The van der Waals surface area contributed by atoms with Crippen LogP contribution in [-0.4, -0.2) is 5.91 Å². The first kappa shape index (κ1) is 13.2. The Morgan fingerprint density at radius 2 is 1.21 bits per heavy atom. The minimum atomic E-state index is -0.315. The van der Waals surface area contributed by atoms with Crippen LogP contribution in [0.4, 0.5) is 0 Å². The Kier molecular flexibility index (Phi) is 3.54. The van der Waals surface area contributed by atoms with Gasteiger partial charge < -0.3 is 5.73 Å². The van der Waals surface area contributed by atoms with Gasteiger partial charge in [0.1, 0.15) is 0 Å². The third kappa shape index (κ3) is 3.17. The number of rotatable bonds is 1. The van der Waals surface area contributed by atoms with Crippen molar-refractivity contribution in [2.24, 2.45) is 16.6 Å². The summed E-state index contributed by atoms with van der Waals surface area (Å²) in [6.45, 7) is 14.5. The van der Waals surface area contributed by atoms with Crippen molar-refractivity contribution in [2.45, 2.75) is 48.5 Å². The highest BCUT2D eigenvalue weighted by Crippen LogP contribution is 2.41. The molecule has 2 nitrogen and oxygen atoms in total. The predicted octanol–water partition coefficient (Wildman–Crippen LogP) is 2.88. The van der Waals surface area contributed by atoms with E-state index in [1.165, 1.54) is 0 Å². The molecule has 14 heavy (non-hydrogen) atoms. The molecular weight excluding hydrogens is 174 g/mol. The van der Waals surface area contributed by atoms with Crippen molar-refractivity contribution in [3.8, 4) is 0 Å². The Bertz CT molecular complexity index is 245. The molecule has 0 fully saturated rings. The van der Waals surface area contributed by atoms with Gasteiger partial charge in [0.05, 0.1) is 0 Å². The molecule has 0 spiro atoms. The number of hydrogen-bond donors (Lipinski definition) is 1. The van der Waals surface area contributed by atoms with Crippen LogP contribution in [-0.2, 0) is 4.79 Å². The molecule has 0 heterocycles. The Morgan fingerprint density at radius 1 is 0.929 bits per heavy atom. The maximum Gasteiger partial charge on any atom is 0.244 e. The van der Waals surface area contributed by atoms with Gasteiger partial charge in [-0.25, -0.2) is 0 Å². The molecule has 0 aromatic carbocycles. The fourth-order valence-electron chi connectivity index (χ4n) is 2.37. The second-order valence-corrected chi connectivity index (χ2v) is 5.86. The van der Waals surface area contributed by atoms with Gasteiger partial charge in [0.15, 0.2) is 0 Å². The molecule has 0 radical (unpaired) electrons. The topological polar surface area (TPSA) is 43.1 Å². The van der Waals surface area contributed by atoms with Crippen LogP contribution in [0.1, 0.15) is 48.5 Å². The lowest BCUT2D eigenvalue weighted by Gasteiger charge is -2.35. The van der Waals surface area contributed by atoms with Crippen molar-refractivity contribution in [3.05, 3.63) is 11.1 Å². The zero-order valence-electron chi connectivity index (χ0n) is 10.5. The molecule has 1 amide bonds. The third-order valence-corrected chi connectivity index (χ3v) is 2.24. The molecule has 0 bridgehead atoms. The summed E-state index contributed by atoms with van der Waals surface area (Å²) < 4.78 is 0. The number of carbonyl (C=O) groups excluding carboxylic acids is 1. The lowest BCUT2D eigenvalue weighted by Crippen LogP contribution is -2.28. The molecule has 0 aliphatic heterocycles. The molecule has 0 aliphatic rings. The SMILES string of the molecule is CC(C(N)=O)=C(C(C)(C)C)C(C)(C)C. The molecular formula is C12H23NO. The third-order valence-electron chi connectivity index (χ3n) is 2.24. The molecule has 0 atom stereocenters. The summed E-state index contributed by atoms with van der Waals surface area (Å²) in [6, 6.07) is 0. The van der Waals surface area contributed by atoms with Crippen molar-refractivity contribution in [3.63, 3.8) is 0 Å². The molecule has 0 aromatic heterocycles. The van der Waals surface area contributed by atoms with Gasteiger partial charge in [0.25, 0.3) is 0 Å². The largest absolute Gasteiger partial charge is 0.366 e. The Morgan fingerprint density at radius 3 is 1.29 bits per heavy atom. The minimum Gasteiger partial charge on any atom is -0.366 e. The normalized spacial score (nSPS) is 12.5. The lowest BCUT2D eigenvalue weighted by molar-refractivity contribution is -0.114.